The van der Waals surface area contributed by atoms with Gasteiger partial charge in [-0.05, 0) is 6.42 Å². The molecule has 1 aliphatic rings. The van der Waals surface area contributed by atoms with Gasteiger partial charge in [-0.3, -0.25) is 4.79 Å². The lowest BCUT2D eigenvalue weighted by Gasteiger charge is -2.35. The minimum atomic E-state index is -2.30. The van der Waals surface area contributed by atoms with Crippen molar-refractivity contribution in [2.75, 3.05) is 6.54 Å². The highest BCUT2D eigenvalue weighted by molar-refractivity contribution is 5.82. The molecule has 0 aliphatic carbocycles. The van der Waals surface area contributed by atoms with Crippen LogP contribution in [0.25, 0.3) is 0 Å². The third kappa shape index (κ3) is 1.34. The molecule has 0 aromatic carbocycles. The molecular weight excluding hydrogens is 197 g/mol. The number of allylic oxidation sites excluding steroid dienone is 1. The Balaban J connectivity index is 3.10. The van der Waals surface area contributed by atoms with E-state index in [1.165, 1.54) is 6.92 Å². The van der Waals surface area contributed by atoms with E-state index in [-0.39, 0.29) is 13.0 Å². The quantitative estimate of drug-likeness (QED) is 0.663. The summed E-state index contributed by atoms with van der Waals surface area (Å²) < 4.78 is 38.8. The molecule has 0 radical (unpaired) electrons. The summed E-state index contributed by atoms with van der Waals surface area (Å²) in [4.78, 5) is 11.0. The van der Waals surface area contributed by atoms with Crippen molar-refractivity contribution in [3.63, 3.8) is 0 Å². The molecule has 6 heteroatoms. The van der Waals surface area contributed by atoms with Crippen LogP contribution in [0.2, 0.25) is 0 Å². The minimum absolute atomic E-state index is 0.0111. The second-order valence-electron chi connectivity index (χ2n) is 3.25. The predicted molar refractivity (Wildman–Crippen MR) is 44.1 cm³/mol. The van der Waals surface area contributed by atoms with Crippen LogP contribution in [-0.4, -0.2) is 18.6 Å². The Kier molecular flexibility index (Phi) is 2.73. The SMILES string of the molecule is CCC1(C(N)=O)CNC(F)=C(F)C1F. The van der Waals surface area contributed by atoms with Crippen LogP contribution in [-0.2, 0) is 4.79 Å². The first-order chi connectivity index (χ1) is 6.45. The second kappa shape index (κ2) is 3.51. The zero-order valence-electron chi connectivity index (χ0n) is 7.61. The van der Waals surface area contributed by atoms with Crippen LogP contribution in [0, 0.1) is 5.41 Å². The van der Waals surface area contributed by atoms with E-state index in [4.69, 9.17) is 5.73 Å². The lowest BCUT2D eigenvalue weighted by molar-refractivity contribution is -0.131. The third-order valence-electron chi connectivity index (χ3n) is 2.60. The minimum Gasteiger partial charge on any atom is -0.369 e. The zero-order valence-corrected chi connectivity index (χ0v) is 7.61. The van der Waals surface area contributed by atoms with Gasteiger partial charge in [-0.15, -0.1) is 0 Å². The van der Waals surface area contributed by atoms with Crippen molar-refractivity contribution in [2.45, 2.75) is 19.5 Å². The van der Waals surface area contributed by atoms with E-state index in [0.29, 0.717) is 0 Å². The Bertz CT molecular complexity index is 292. The van der Waals surface area contributed by atoms with Crippen molar-refractivity contribution in [3.05, 3.63) is 11.8 Å². The molecule has 1 heterocycles. The van der Waals surface area contributed by atoms with Crippen LogP contribution in [0.1, 0.15) is 13.3 Å². The van der Waals surface area contributed by atoms with Crippen molar-refractivity contribution in [1.82, 2.24) is 5.32 Å². The highest BCUT2D eigenvalue weighted by atomic mass is 19.2. The standard InChI is InChI=1S/C8H11F3N2O/c1-2-8(7(12)14)3-13-6(11)4(9)5(8)10/h5,13H,2-3H2,1H3,(H2,12,14). The Hall–Kier alpha value is -1.20. The smallest absolute Gasteiger partial charge is 0.228 e. The Labute approximate surface area is 79.1 Å². The van der Waals surface area contributed by atoms with Gasteiger partial charge >= 0.3 is 0 Å². The van der Waals surface area contributed by atoms with E-state index in [9.17, 15) is 18.0 Å². The summed E-state index contributed by atoms with van der Waals surface area (Å²) in [5, 5.41) is 1.98. The fraction of sp³-hybridized carbons (Fsp3) is 0.625. The van der Waals surface area contributed by atoms with Crippen LogP contribution in [0.4, 0.5) is 13.2 Å². The van der Waals surface area contributed by atoms with Gasteiger partial charge in [0.05, 0.1) is 0 Å². The fourth-order valence-electron chi connectivity index (χ4n) is 1.45. The number of alkyl halides is 1. The maximum Gasteiger partial charge on any atom is 0.228 e. The van der Waals surface area contributed by atoms with E-state index in [2.05, 4.69) is 0 Å². The van der Waals surface area contributed by atoms with Gasteiger partial charge in [0.1, 0.15) is 5.41 Å². The Morgan fingerprint density at radius 2 is 2.29 bits per heavy atom. The van der Waals surface area contributed by atoms with Gasteiger partial charge in [-0.1, -0.05) is 6.92 Å². The molecule has 2 atom stereocenters. The number of rotatable bonds is 2. The lowest BCUT2D eigenvalue weighted by Crippen LogP contribution is -2.53. The number of carbonyl (C=O) groups is 1. The molecule has 14 heavy (non-hydrogen) atoms. The molecule has 0 saturated heterocycles. The van der Waals surface area contributed by atoms with E-state index < -0.39 is 29.3 Å². The highest BCUT2D eigenvalue weighted by Crippen LogP contribution is 2.37. The maximum atomic E-state index is 13.4. The lowest BCUT2D eigenvalue weighted by atomic mass is 9.77. The summed E-state index contributed by atoms with van der Waals surface area (Å²) in [5.41, 5.74) is 3.30. The molecule has 0 saturated carbocycles. The number of halogens is 3. The van der Waals surface area contributed by atoms with Crippen molar-refractivity contribution in [3.8, 4) is 0 Å². The van der Waals surface area contributed by atoms with Crippen LogP contribution in [0.5, 0.6) is 0 Å². The van der Waals surface area contributed by atoms with Gasteiger partial charge < -0.3 is 11.1 Å². The number of hydrogen-bond donors (Lipinski definition) is 2. The van der Waals surface area contributed by atoms with Gasteiger partial charge in [0.2, 0.25) is 11.9 Å². The predicted octanol–water partition coefficient (Wildman–Crippen LogP) is 0.918. The zero-order chi connectivity index (χ0) is 10.9. The number of nitrogens with one attached hydrogen (secondary N) is 1. The van der Waals surface area contributed by atoms with E-state index in [0.717, 1.165) is 0 Å². The van der Waals surface area contributed by atoms with Gasteiger partial charge in [-0.2, -0.15) is 4.39 Å². The molecule has 1 aliphatic heterocycles. The average Bonchev–Trinajstić information content (AvgIpc) is 2.15. The first-order valence-electron chi connectivity index (χ1n) is 4.18. The molecule has 3 N–H and O–H groups in total. The Morgan fingerprint density at radius 3 is 2.71 bits per heavy atom. The third-order valence-corrected chi connectivity index (χ3v) is 2.60. The van der Waals surface area contributed by atoms with Crippen LogP contribution in [0.3, 0.4) is 0 Å². The van der Waals surface area contributed by atoms with Crippen LogP contribution >= 0.6 is 0 Å². The summed E-state index contributed by atoms with van der Waals surface area (Å²) in [5.74, 6) is -3.91. The first-order valence-corrected chi connectivity index (χ1v) is 4.18. The van der Waals surface area contributed by atoms with Gasteiger partial charge in [0.25, 0.3) is 0 Å². The molecular formula is C8H11F3N2O. The molecule has 2 unspecified atom stereocenters. The van der Waals surface area contributed by atoms with Gasteiger partial charge in [0, 0.05) is 6.54 Å². The monoisotopic (exact) mass is 208 g/mol. The molecule has 0 spiro atoms. The average molecular weight is 208 g/mol. The number of primary amides is 1. The second-order valence-corrected chi connectivity index (χ2v) is 3.25. The number of carbonyl (C=O) groups excluding carboxylic acids is 1. The molecule has 0 aromatic heterocycles. The van der Waals surface area contributed by atoms with E-state index in [1.807, 2.05) is 5.32 Å². The summed E-state index contributed by atoms with van der Waals surface area (Å²) >= 11 is 0. The van der Waals surface area contributed by atoms with E-state index >= 15 is 0 Å². The summed E-state index contributed by atoms with van der Waals surface area (Å²) in [7, 11) is 0. The molecule has 0 fully saturated rings. The van der Waals surface area contributed by atoms with Crippen molar-refractivity contribution < 1.29 is 18.0 Å². The number of hydrogen-bond acceptors (Lipinski definition) is 2. The van der Waals surface area contributed by atoms with Crippen LogP contribution < -0.4 is 11.1 Å². The normalized spacial score (nSPS) is 32.7. The highest BCUT2D eigenvalue weighted by Gasteiger charge is 2.49. The fourth-order valence-corrected chi connectivity index (χ4v) is 1.45. The molecule has 1 amide bonds. The molecule has 0 bridgehead atoms. The first kappa shape index (κ1) is 10.9. The molecule has 80 valence electrons. The van der Waals surface area contributed by atoms with E-state index in [1.54, 1.807) is 0 Å². The van der Waals surface area contributed by atoms with Crippen molar-refractivity contribution in [2.24, 2.45) is 11.1 Å². The molecule has 3 nitrogen and oxygen atoms in total. The summed E-state index contributed by atoms with van der Waals surface area (Å²) in [6.45, 7) is 1.18. The van der Waals surface area contributed by atoms with Crippen molar-refractivity contribution in [1.29, 1.82) is 0 Å². The topological polar surface area (TPSA) is 55.1 Å². The Morgan fingerprint density at radius 1 is 1.71 bits per heavy atom. The van der Waals surface area contributed by atoms with Crippen molar-refractivity contribution >= 4 is 5.91 Å². The summed E-state index contributed by atoms with van der Waals surface area (Å²) in [6.07, 6.45) is -2.29. The number of nitrogens with two attached hydrogens (primary N) is 1. The largest absolute Gasteiger partial charge is 0.369 e. The van der Waals surface area contributed by atoms with Gasteiger partial charge in [-0.25, -0.2) is 8.78 Å². The van der Waals surface area contributed by atoms with Gasteiger partial charge in [0.15, 0.2) is 12.0 Å². The summed E-state index contributed by atoms with van der Waals surface area (Å²) in [6, 6.07) is 0. The number of amides is 1. The molecule has 0 aromatic rings. The molecule has 1 rings (SSSR count). The van der Waals surface area contributed by atoms with Crippen LogP contribution in [0.15, 0.2) is 11.8 Å². The maximum absolute atomic E-state index is 13.4.